The molecule has 28 heavy (non-hydrogen) atoms. The van der Waals surface area contributed by atoms with Crippen molar-refractivity contribution >= 4 is 39.8 Å². The van der Waals surface area contributed by atoms with Crippen molar-refractivity contribution in [3.05, 3.63) is 23.8 Å². The molecule has 0 aromatic heterocycles. The van der Waals surface area contributed by atoms with E-state index in [2.05, 4.69) is 5.32 Å². The van der Waals surface area contributed by atoms with Gasteiger partial charge in [0.1, 0.15) is 0 Å². The van der Waals surface area contributed by atoms with Gasteiger partial charge in [-0.05, 0) is 49.9 Å². The summed E-state index contributed by atoms with van der Waals surface area (Å²) in [6, 6.07) is 4.04. The molecule has 0 saturated heterocycles. The first-order chi connectivity index (χ1) is 12.7. The number of ether oxygens (including phenoxy) is 1. The molecular weight excluding hydrogens is 404 g/mol. The number of rotatable bonds is 7. The second-order valence-electron chi connectivity index (χ2n) is 7.23. The van der Waals surface area contributed by atoms with Crippen molar-refractivity contribution in [3.63, 3.8) is 0 Å². The second-order valence-corrected chi connectivity index (χ2v) is 9.24. The zero-order valence-corrected chi connectivity index (χ0v) is 18.0. The number of carbonyl (C=O) groups is 2. The number of carbonyl (C=O) groups excluding carboxylic acids is 2. The maximum atomic E-state index is 12.6. The predicted octanol–water partition coefficient (Wildman–Crippen LogP) is 2.93. The Balaban J connectivity index is 0.00000392. The van der Waals surface area contributed by atoms with Crippen LogP contribution in [-0.2, 0) is 19.4 Å². The summed E-state index contributed by atoms with van der Waals surface area (Å²) in [5.74, 6) is -0.869. The van der Waals surface area contributed by atoms with Crippen LogP contribution in [0.15, 0.2) is 23.1 Å². The summed E-state index contributed by atoms with van der Waals surface area (Å²) in [5, 5.41) is 2.73. The van der Waals surface area contributed by atoms with Crippen LogP contribution in [-0.4, -0.2) is 39.7 Å². The third kappa shape index (κ3) is 6.46. The number of esters is 1. The van der Waals surface area contributed by atoms with Gasteiger partial charge in [0.25, 0.3) is 0 Å². The Labute approximate surface area is 172 Å². The molecule has 1 amide bonds. The number of nitrogens with one attached hydrogen (secondary N) is 1. The molecule has 1 aromatic rings. The van der Waals surface area contributed by atoms with E-state index < -0.39 is 15.8 Å². The van der Waals surface area contributed by atoms with E-state index in [1.54, 1.807) is 6.92 Å². The standard InChI is InChI=1S/C19H28N2O5S.ClH/c1-3-26-18(23)14-9-15(11-16(10-14)27(2,24)25)21-17(22)12-19(13-20)7-5-4-6-8-19;/h9-11H,3-8,12-13,20H2,1-2H3,(H,21,22);1H. The number of halogens is 1. The smallest absolute Gasteiger partial charge is 0.338 e. The monoisotopic (exact) mass is 432 g/mol. The van der Waals surface area contributed by atoms with Crippen LogP contribution >= 0.6 is 12.4 Å². The van der Waals surface area contributed by atoms with Crippen LogP contribution < -0.4 is 11.1 Å². The van der Waals surface area contributed by atoms with E-state index in [0.29, 0.717) is 6.54 Å². The van der Waals surface area contributed by atoms with Gasteiger partial charge in [-0.15, -0.1) is 12.4 Å². The summed E-state index contributed by atoms with van der Waals surface area (Å²) in [5.41, 5.74) is 6.07. The summed E-state index contributed by atoms with van der Waals surface area (Å²) in [6.45, 7) is 2.28. The minimum absolute atomic E-state index is 0. The molecule has 0 atom stereocenters. The van der Waals surface area contributed by atoms with Crippen molar-refractivity contribution < 1.29 is 22.7 Å². The van der Waals surface area contributed by atoms with Crippen molar-refractivity contribution in [1.82, 2.24) is 0 Å². The molecule has 1 aliphatic carbocycles. The molecule has 0 unspecified atom stereocenters. The van der Waals surface area contributed by atoms with Crippen molar-refractivity contribution in [2.24, 2.45) is 11.1 Å². The fourth-order valence-corrected chi connectivity index (χ4v) is 4.20. The SMILES string of the molecule is CCOC(=O)c1cc(NC(=O)CC2(CN)CCCCC2)cc(S(C)(=O)=O)c1.Cl. The Morgan fingerprint density at radius 1 is 1.18 bits per heavy atom. The highest BCUT2D eigenvalue weighted by molar-refractivity contribution is 7.90. The van der Waals surface area contributed by atoms with E-state index in [4.69, 9.17) is 10.5 Å². The minimum Gasteiger partial charge on any atom is -0.462 e. The first-order valence-corrected chi connectivity index (χ1v) is 11.1. The number of benzene rings is 1. The van der Waals surface area contributed by atoms with Crippen molar-refractivity contribution in [3.8, 4) is 0 Å². The Hall–Kier alpha value is -1.64. The number of nitrogens with two attached hydrogens (primary N) is 1. The van der Waals surface area contributed by atoms with E-state index in [9.17, 15) is 18.0 Å². The Bertz CT molecular complexity index is 805. The average molecular weight is 433 g/mol. The maximum absolute atomic E-state index is 12.6. The average Bonchev–Trinajstić information content (AvgIpc) is 2.61. The lowest BCUT2D eigenvalue weighted by atomic mass is 9.71. The van der Waals surface area contributed by atoms with Gasteiger partial charge in [-0.2, -0.15) is 0 Å². The highest BCUT2D eigenvalue weighted by atomic mass is 35.5. The van der Waals surface area contributed by atoms with Gasteiger partial charge >= 0.3 is 5.97 Å². The fourth-order valence-electron chi connectivity index (χ4n) is 3.52. The topological polar surface area (TPSA) is 116 Å². The van der Waals surface area contributed by atoms with E-state index in [1.165, 1.54) is 18.2 Å². The summed E-state index contributed by atoms with van der Waals surface area (Å²) in [4.78, 5) is 24.6. The quantitative estimate of drug-likeness (QED) is 0.640. The molecule has 158 valence electrons. The lowest BCUT2D eigenvalue weighted by Gasteiger charge is -2.35. The van der Waals surface area contributed by atoms with Gasteiger partial charge in [-0.25, -0.2) is 13.2 Å². The molecule has 0 radical (unpaired) electrons. The first kappa shape index (κ1) is 24.4. The molecule has 9 heteroatoms. The Morgan fingerprint density at radius 3 is 2.36 bits per heavy atom. The molecule has 0 heterocycles. The van der Waals surface area contributed by atoms with Gasteiger partial charge in [0.2, 0.25) is 5.91 Å². The Morgan fingerprint density at radius 2 is 1.82 bits per heavy atom. The molecular formula is C19H29ClN2O5S. The summed E-state index contributed by atoms with van der Waals surface area (Å²) in [7, 11) is -3.56. The van der Waals surface area contributed by atoms with E-state index in [1.807, 2.05) is 0 Å². The normalized spacial score (nSPS) is 16.0. The van der Waals surface area contributed by atoms with Crippen LogP contribution in [0.1, 0.15) is 55.8 Å². The molecule has 0 bridgehead atoms. The number of hydrogen-bond donors (Lipinski definition) is 2. The first-order valence-electron chi connectivity index (χ1n) is 9.21. The van der Waals surface area contributed by atoms with Crippen molar-refractivity contribution in [1.29, 1.82) is 0 Å². The van der Waals surface area contributed by atoms with Gasteiger partial charge in [-0.3, -0.25) is 4.79 Å². The number of sulfone groups is 1. The highest BCUT2D eigenvalue weighted by Gasteiger charge is 2.33. The van der Waals surface area contributed by atoms with Gasteiger partial charge in [0.15, 0.2) is 9.84 Å². The van der Waals surface area contributed by atoms with E-state index in [0.717, 1.165) is 38.4 Å². The second kappa shape index (κ2) is 10.2. The molecule has 1 saturated carbocycles. The zero-order chi connectivity index (χ0) is 20.1. The van der Waals surface area contributed by atoms with E-state index in [-0.39, 0.29) is 52.9 Å². The molecule has 0 aliphatic heterocycles. The highest BCUT2D eigenvalue weighted by Crippen LogP contribution is 2.38. The molecule has 1 aromatic carbocycles. The number of hydrogen-bond acceptors (Lipinski definition) is 6. The van der Waals surface area contributed by atoms with Gasteiger partial charge in [0, 0.05) is 18.4 Å². The zero-order valence-electron chi connectivity index (χ0n) is 16.3. The lowest BCUT2D eigenvalue weighted by Crippen LogP contribution is -2.36. The van der Waals surface area contributed by atoms with Gasteiger partial charge in [0.05, 0.1) is 17.1 Å². The van der Waals surface area contributed by atoms with E-state index >= 15 is 0 Å². The summed E-state index contributed by atoms with van der Waals surface area (Å²) >= 11 is 0. The molecule has 2 rings (SSSR count). The predicted molar refractivity (Wildman–Crippen MR) is 111 cm³/mol. The molecule has 7 nitrogen and oxygen atoms in total. The van der Waals surface area contributed by atoms with Crippen molar-refractivity contribution in [2.75, 3.05) is 24.7 Å². The maximum Gasteiger partial charge on any atom is 0.338 e. The lowest BCUT2D eigenvalue weighted by molar-refractivity contribution is -0.118. The molecule has 1 aliphatic rings. The summed E-state index contributed by atoms with van der Waals surface area (Å²) < 4.78 is 28.8. The van der Waals surface area contributed by atoms with Crippen LogP contribution in [0.3, 0.4) is 0 Å². The van der Waals surface area contributed by atoms with Crippen LogP contribution in [0.25, 0.3) is 0 Å². The van der Waals surface area contributed by atoms with Crippen molar-refractivity contribution in [2.45, 2.75) is 50.3 Å². The fraction of sp³-hybridized carbons (Fsp3) is 0.579. The summed E-state index contributed by atoms with van der Waals surface area (Å²) in [6.07, 6.45) is 6.42. The number of amides is 1. The largest absolute Gasteiger partial charge is 0.462 e. The number of anilines is 1. The van der Waals surface area contributed by atoms with Crippen LogP contribution in [0.5, 0.6) is 0 Å². The third-order valence-corrected chi connectivity index (χ3v) is 6.10. The molecule has 1 fully saturated rings. The molecule has 0 spiro atoms. The van der Waals surface area contributed by atoms with Crippen LogP contribution in [0.2, 0.25) is 0 Å². The van der Waals surface area contributed by atoms with Crippen LogP contribution in [0.4, 0.5) is 5.69 Å². The van der Waals surface area contributed by atoms with Crippen LogP contribution in [0, 0.1) is 5.41 Å². The van der Waals surface area contributed by atoms with Gasteiger partial charge < -0.3 is 15.8 Å². The van der Waals surface area contributed by atoms with Gasteiger partial charge in [-0.1, -0.05) is 19.3 Å². The minimum atomic E-state index is -3.56. The Kier molecular flexibility index (Phi) is 8.91. The third-order valence-electron chi connectivity index (χ3n) is 5.01. The molecule has 3 N–H and O–H groups in total.